The smallest absolute Gasteiger partial charge is 0.225 e. The van der Waals surface area contributed by atoms with Gasteiger partial charge in [-0.3, -0.25) is 14.4 Å². The molecule has 0 aliphatic carbocycles. The lowest BCUT2D eigenvalue weighted by atomic mass is 9.83. The summed E-state index contributed by atoms with van der Waals surface area (Å²) in [5.74, 6) is 0.0961. The molecule has 2 fully saturated rings. The maximum atomic E-state index is 12.9. The van der Waals surface area contributed by atoms with E-state index in [9.17, 15) is 14.4 Å². The van der Waals surface area contributed by atoms with Crippen molar-refractivity contribution in [3.8, 4) is 0 Å². The van der Waals surface area contributed by atoms with E-state index in [1.165, 1.54) is 0 Å². The molecule has 3 amide bonds. The monoisotopic (exact) mass is 371 g/mol. The van der Waals surface area contributed by atoms with E-state index in [0.717, 1.165) is 24.9 Å². The van der Waals surface area contributed by atoms with Crippen molar-refractivity contribution in [3.05, 3.63) is 35.9 Å². The molecular weight excluding hydrogens is 342 g/mol. The predicted octanol–water partition coefficient (Wildman–Crippen LogP) is 2.11. The molecule has 0 spiro atoms. The number of carbonyl (C=O) groups excluding carboxylic acids is 3. The van der Waals surface area contributed by atoms with Crippen molar-refractivity contribution >= 4 is 17.7 Å². The molecule has 2 heterocycles. The van der Waals surface area contributed by atoms with Crippen molar-refractivity contribution in [3.63, 3.8) is 0 Å². The third-order valence-electron chi connectivity index (χ3n) is 5.60. The van der Waals surface area contributed by atoms with Crippen LogP contribution < -0.4 is 5.32 Å². The Balaban J connectivity index is 1.61. The Kier molecular flexibility index (Phi) is 6.48. The number of likely N-dealkylation sites (tertiary alicyclic amines) is 2. The SMILES string of the molecule is CCN1C(=O)CC[C@@H](C(=O)NCCCN2CCCC2=O)[C@@H]1c1ccccc1. The second kappa shape index (κ2) is 9.02. The molecule has 1 N–H and O–H groups in total. The molecule has 1 aromatic rings. The van der Waals surface area contributed by atoms with Crippen LogP contribution in [0.4, 0.5) is 0 Å². The summed E-state index contributed by atoms with van der Waals surface area (Å²) < 4.78 is 0. The van der Waals surface area contributed by atoms with E-state index in [2.05, 4.69) is 5.32 Å². The largest absolute Gasteiger partial charge is 0.356 e. The van der Waals surface area contributed by atoms with Crippen LogP contribution >= 0.6 is 0 Å². The lowest BCUT2D eigenvalue weighted by Crippen LogP contribution is -2.48. The van der Waals surface area contributed by atoms with Crippen molar-refractivity contribution in [1.29, 1.82) is 0 Å². The Morgan fingerprint density at radius 2 is 1.93 bits per heavy atom. The van der Waals surface area contributed by atoms with Gasteiger partial charge in [-0.05, 0) is 31.7 Å². The molecule has 2 saturated heterocycles. The molecule has 0 unspecified atom stereocenters. The van der Waals surface area contributed by atoms with E-state index >= 15 is 0 Å². The fourth-order valence-electron chi connectivity index (χ4n) is 4.22. The lowest BCUT2D eigenvalue weighted by molar-refractivity contribution is -0.143. The minimum Gasteiger partial charge on any atom is -0.356 e. The topological polar surface area (TPSA) is 69.7 Å². The highest BCUT2D eigenvalue weighted by Crippen LogP contribution is 2.36. The minimum absolute atomic E-state index is 0.00236. The zero-order chi connectivity index (χ0) is 19.2. The average Bonchev–Trinajstić information content (AvgIpc) is 3.10. The standard InChI is InChI=1S/C21H29N3O3/c1-2-24-19(26)12-11-17(20(24)16-8-4-3-5-9-16)21(27)22-13-7-15-23-14-6-10-18(23)25/h3-5,8-9,17,20H,2,6-7,10-15H2,1H3,(H,22,27)/t17-,20+/m1/s1. The molecule has 2 aliphatic heterocycles. The van der Waals surface area contributed by atoms with Gasteiger partial charge in [0.05, 0.1) is 12.0 Å². The normalized spacial score (nSPS) is 23.0. The molecule has 0 saturated carbocycles. The van der Waals surface area contributed by atoms with Crippen LogP contribution in [-0.2, 0) is 14.4 Å². The number of amides is 3. The number of benzene rings is 1. The van der Waals surface area contributed by atoms with Crippen LogP contribution in [0, 0.1) is 5.92 Å². The quantitative estimate of drug-likeness (QED) is 0.747. The van der Waals surface area contributed by atoms with E-state index in [0.29, 0.717) is 38.9 Å². The first-order valence-electron chi connectivity index (χ1n) is 10.0. The second-order valence-electron chi connectivity index (χ2n) is 7.31. The summed E-state index contributed by atoms with van der Waals surface area (Å²) >= 11 is 0. The van der Waals surface area contributed by atoms with Crippen molar-refractivity contribution < 1.29 is 14.4 Å². The summed E-state index contributed by atoms with van der Waals surface area (Å²) in [4.78, 5) is 40.6. The van der Waals surface area contributed by atoms with E-state index in [-0.39, 0.29) is 29.7 Å². The first kappa shape index (κ1) is 19.4. The third-order valence-corrected chi connectivity index (χ3v) is 5.60. The van der Waals surface area contributed by atoms with E-state index in [1.54, 1.807) is 0 Å². The van der Waals surface area contributed by atoms with E-state index in [1.807, 2.05) is 47.1 Å². The van der Waals surface area contributed by atoms with Crippen LogP contribution in [0.1, 0.15) is 50.6 Å². The summed E-state index contributed by atoms with van der Waals surface area (Å²) in [5, 5.41) is 3.04. The number of hydrogen-bond donors (Lipinski definition) is 1. The van der Waals surface area contributed by atoms with Crippen LogP contribution in [0.3, 0.4) is 0 Å². The average molecular weight is 371 g/mol. The number of piperidine rings is 1. The second-order valence-corrected chi connectivity index (χ2v) is 7.31. The fourth-order valence-corrected chi connectivity index (χ4v) is 4.22. The maximum absolute atomic E-state index is 12.9. The first-order chi connectivity index (χ1) is 13.1. The lowest BCUT2D eigenvalue weighted by Gasteiger charge is -2.40. The molecule has 0 aromatic heterocycles. The van der Waals surface area contributed by atoms with Gasteiger partial charge in [0.15, 0.2) is 0 Å². The molecule has 0 bridgehead atoms. The Hall–Kier alpha value is -2.37. The Labute approximate surface area is 160 Å². The molecule has 27 heavy (non-hydrogen) atoms. The number of nitrogens with one attached hydrogen (secondary N) is 1. The summed E-state index contributed by atoms with van der Waals surface area (Å²) in [6.45, 7) is 4.64. The summed E-state index contributed by atoms with van der Waals surface area (Å²) in [6, 6.07) is 9.61. The molecule has 1 aromatic carbocycles. The van der Waals surface area contributed by atoms with Gasteiger partial charge in [0.1, 0.15) is 0 Å². The van der Waals surface area contributed by atoms with Gasteiger partial charge < -0.3 is 15.1 Å². The predicted molar refractivity (Wildman–Crippen MR) is 103 cm³/mol. The third kappa shape index (κ3) is 4.49. The summed E-state index contributed by atoms with van der Waals surface area (Å²) in [7, 11) is 0. The molecule has 146 valence electrons. The van der Waals surface area contributed by atoms with Crippen LogP contribution in [0.15, 0.2) is 30.3 Å². The van der Waals surface area contributed by atoms with Gasteiger partial charge in [0.25, 0.3) is 0 Å². The van der Waals surface area contributed by atoms with Crippen molar-refractivity contribution in [2.24, 2.45) is 5.92 Å². The molecular formula is C21H29N3O3. The van der Waals surface area contributed by atoms with Crippen LogP contribution in [0.2, 0.25) is 0 Å². The Morgan fingerprint density at radius 3 is 2.59 bits per heavy atom. The van der Waals surface area contributed by atoms with Crippen molar-refractivity contribution in [2.45, 2.75) is 45.1 Å². The van der Waals surface area contributed by atoms with Crippen LogP contribution in [-0.4, -0.2) is 53.7 Å². The summed E-state index contributed by atoms with van der Waals surface area (Å²) in [6.07, 6.45) is 3.33. The van der Waals surface area contributed by atoms with Gasteiger partial charge in [-0.2, -0.15) is 0 Å². The number of carbonyl (C=O) groups is 3. The number of nitrogens with zero attached hydrogens (tertiary/aromatic N) is 2. The molecule has 3 rings (SSSR count). The van der Waals surface area contributed by atoms with Gasteiger partial charge in [0, 0.05) is 39.0 Å². The van der Waals surface area contributed by atoms with Crippen LogP contribution in [0.5, 0.6) is 0 Å². The highest BCUT2D eigenvalue weighted by Gasteiger charge is 2.39. The zero-order valence-corrected chi connectivity index (χ0v) is 16.0. The van der Waals surface area contributed by atoms with Crippen molar-refractivity contribution in [1.82, 2.24) is 15.1 Å². The van der Waals surface area contributed by atoms with Gasteiger partial charge in [0.2, 0.25) is 17.7 Å². The van der Waals surface area contributed by atoms with E-state index < -0.39 is 0 Å². The van der Waals surface area contributed by atoms with Gasteiger partial charge in [-0.25, -0.2) is 0 Å². The number of hydrogen-bond acceptors (Lipinski definition) is 3. The van der Waals surface area contributed by atoms with E-state index in [4.69, 9.17) is 0 Å². The van der Waals surface area contributed by atoms with Crippen LogP contribution in [0.25, 0.3) is 0 Å². The Bertz CT molecular complexity index is 677. The molecule has 6 nitrogen and oxygen atoms in total. The van der Waals surface area contributed by atoms with Gasteiger partial charge >= 0.3 is 0 Å². The zero-order valence-electron chi connectivity index (χ0n) is 16.0. The van der Waals surface area contributed by atoms with Gasteiger partial charge in [-0.15, -0.1) is 0 Å². The highest BCUT2D eigenvalue weighted by molar-refractivity contribution is 5.85. The highest BCUT2D eigenvalue weighted by atomic mass is 16.2. The Morgan fingerprint density at radius 1 is 1.15 bits per heavy atom. The van der Waals surface area contributed by atoms with Gasteiger partial charge in [-0.1, -0.05) is 30.3 Å². The molecule has 2 aliphatic rings. The van der Waals surface area contributed by atoms with Crippen molar-refractivity contribution in [2.75, 3.05) is 26.2 Å². The molecule has 2 atom stereocenters. The minimum atomic E-state index is -0.238. The number of rotatable bonds is 7. The maximum Gasteiger partial charge on any atom is 0.225 e. The molecule has 0 radical (unpaired) electrons. The fraction of sp³-hybridized carbons (Fsp3) is 0.571. The summed E-state index contributed by atoms with van der Waals surface area (Å²) in [5.41, 5.74) is 1.01. The first-order valence-corrected chi connectivity index (χ1v) is 10.0. The molecule has 6 heteroatoms.